The van der Waals surface area contributed by atoms with E-state index in [0.717, 1.165) is 19.3 Å². The normalized spacial score (nSPS) is 33.9. The van der Waals surface area contributed by atoms with Crippen molar-refractivity contribution >= 4 is 7.82 Å². The van der Waals surface area contributed by atoms with Crippen molar-refractivity contribution in [2.24, 2.45) is 5.41 Å². The number of unbranched alkanes of at least 4 members (excludes halogenated alkanes) is 5. The van der Waals surface area contributed by atoms with Crippen molar-refractivity contribution in [3.05, 3.63) is 0 Å². The van der Waals surface area contributed by atoms with Gasteiger partial charge < -0.3 is 15.3 Å². The molecule has 0 aromatic heterocycles. The molecule has 3 rings (SSSR count). The first-order chi connectivity index (χ1) is 10.5. The zero-order valence-electron chi connectivity index (χ0n) is 13.1. The van der Waals surface area contributed by atoms with E-state index < -0.39 is 44.9 Å². The van der Waals surface area contributed by atoms with Crippen LogP contribution in [0.5, 0.6) is 0 Å². The van der Waals surface area contributed by atoms with Crippen molar-refractivity contribution in [2.75, 3.05) is 19.8 Å². The van der Waals surface area contributed by atoms with Crippen LogP contribution in [0.3, 0.4) is 0 Å². The van der Waals surface area contributed by atoms with E-state index in [4.69, 9.17) is 13.6 Å². The summed E-state index contributed by atoms with van der Waals surface area (Å²) in [6.45, 7) is 0.525. The van der Waals surface area contributed by atoms with Crippen molar-refractivity contribution in [3.8, 4) is 0 Å². The fourth-order valence-corrected chi connectivity index (χ4v) is 5.04. The van der Waals surface area contributed by atoms with Crippen molar-refractivity contribution in [2.45, 2.75) is 63.8 Å². The summed E-state index contributed by atoms with van der Waals surface area (Å²) in [7, 11) is -3.56. The van der Waals surface area contributed by atoms with Gasteiger partial charge in [0.1, 0.15) is 6.10 Å². The fraction of sp³-hybridized carbons (Fsp3) is 1.00. The molecule has 3 N–H and O–H groups in total. The van der Waals surface area contributed by atoms with Gasteiger partial charge in [-0.15, -0.1) is 0 Å². The molecule has 0 aliphatic carbocycles. The molecule has 2 bridgehead atoms. The van der Waals surface area contributed by atoms with Crippen LogP contribution in [0, 0.1) is 5.41 Å². The third kappa shape index (κ3) is 3.00. The molecule has 0 amide bonds. The lowest BCUT2D eigenvalue weighted by Crippen LogP contribution is -2.63. The topological polar surface area (TPSA) is 105 Å². The van der Waals surface area contributed by atoms with E-state index in [0.29, 0.717) is 6.42 Å². The first-order valence-electron chi connectivity index (χ1n) is 8.04. The van der Waals surface area contributed by atoms with Crippen LogP contribution < -0.4 is 0 Å². The summed E-state index contributed by atoms with van der Waals surface area (Å²) < 4.78 is 27.9. The molecule has 0 aromatic carbocycles. The molecule has 3 saturated heterocycles. The van der Waals surface area contributed by atoms with E-state index >= 15 is 0 Å². The zero-order valence-corrected chi connectivity index (χ0v) is 14.0. The highest BCUT2D eigenvalue weighted by atomic mass is 31.2. The maximum Gasteiger partial charge on any atom is 0.480 e. The van der Waals surface area contributed by atoms with Crippen LogP contribution in [0.4, 0.5) is 0 Å². The van der Waals surface area contributed by atoms with Gasteiger partial charge in [0.15, 0.2) is 0 Å². The lowest BCUT2D eigenvalue weighted by atomic mass is 9.77. The monoisotopic (exact) mass is 338 g/mol. The van der Waals surface area contributed by atoms with E-state index in [1.807, 2.05) is 0 Å². The number of rotatable bonds is 11. The first-order valence-corrected chi connectivity index (χ1v) is 9.50. The maximum absolute atomic E-state index is 12.0. The van der Waals surface area contributed by atoms with Gasteiger partial charge >= 0.3 is 7.82 Å². The summed E-state index contributed by atoms with van der Waals surface area (Å²) in [4.78, 5) is 0. The Hall–Kier alpha value is -0.0100. The molecule has 3 heterocycles. The molecule has 3 fully saturated rings. The molecule has 1 atom stereocenters. The number of hydrogen-bond acceptors (Lipinski definition) is 7. The molecule has 8 heteroatoms. The Bertz CT molecular complexity index is 392. The summed E-state index contributed by atoms with van der Waals surface area (Å²) in [6.07, 6.45) is 6.49. The van der Waals surface area contributed by atoms with Crippen molar-refractivity contribution < 1.29 is 33.5 Å². The molecular formula is C14H27O7P. The van der Waals surface area contributed by atoms with Crippen LogP contribution in [-0.4, -0.2) is 47.0 Å². The predicted octanol–water partition coefficient (Wildman–Crippen LogP) is 1.95. The molecule has 130 valence electrons. The van der Waals surface area contributed by atoms with Gasteiger partial charge in [-0.3, -0.25) is 4.52 Å². The summed E-state index contributed by atoms with van der Waals surface area (Å²) in [5, 5.41) is 28.7. The van der Waals surface area contributed by atoms with Gasteiger partial charge in [0.2, 0.25) is 5.79 Å². The minimum Gasteiger partial charge on any atom is -0.395 e. The van der Waals surface area contributed by atoms with E-state index in [2.05, 4.69) is 6.92 Å². The third-order valence-corrected chi connectivity index (χ3v) is 6.14. The second kappa shape index (κ2) is 7.26. The van der Waals surface area contributed by atoms with E-state index in [1.54, 1.807) is 0 Å². The number of fused-ring (bicyclic) bond motifs is 1. The Morgan fingerprint density at radius 1 is 1.00 bits per heavy atom. The smallest absolute Gasteiger partial charge is 0.395 e. The van der Waals surface area contributed by atoms with Gasteiger partial charge in [-0.1, -0.05) is 45.4 Å². The molecule has 0 saturated carbocycles. The Kier molecular flexibility index (Phi) is 6.05. The summed E-state index contributed by atoms with van der Waals surface area (Å²) >= 11 is 0. The summed E-state index contributed by atoms with van der Waals surface area (Å²) in [5.41, 5.74) is -1.43. The predicted molar refractivity (Wildman–Crippen MR) is 79.1 cm³/mol. The van der Waals surface area contributed by atoms with Crippen molar-refractivity contribution in [1.82, 2.24) is 0 Å². The van der Waals surface area contributed by atoms with Crippen LogP contribution in [0.15, 0.2) is 0 Å². The van der Waals surface area contributed by atoms with Crippen LogP contribution >= 0.6 is 7.82 Å². The fourth-order valence-electron chi connectivity index (χ4n) is 3.09. The minimum absolute atomic E-state index is 0.545. The largest absolute Gasteiger partial charge is 0.480 e. The molecule has 22 heavy (non-hydrogen) atoms. The number of hydrogen-bond donors (Lipinski definition) is 3. The number of phosphoric ester groups is 1. The van der Waals surface area contributed by atoms with Crippen LogP contribution in [0.1, 0.15) is 51.9 Å². The standard InChI is InChI=1S/C14H27O7P/c1-2-3-4-5-6-7-8-12-14(13(9-15,10-16)11-17)20-22(18,19-12)21-14/h12,15-17H,2-11H2,1H3. The zero-order chi connectivity index (χ0) is 16.3. The van der Waals surface area contributed by atoms with Crippen molar-refractivity contribution in [1.29, 1.82) is 0 Å². The highest BCUT2D eigenvalue weighted by Gasteiger charge is 2.78. The molecule has 0 aromatic rings. The molecule has 1 unspecified atom stereocenters. The van der Waals surface area contributed by atoms with Crippen LogP contribution in [-0.2, 0) is 18.1 Å². The Morgan fingerprint density at radius 3 is 2.09 bits per heavy atom. The van der Waals surface area contributed by atoms with Gasteiger partial charge in [0.25, 0.3) is 0 Å². The average Bonchev–Trinajstić information content (AvgIpc) is 2.94. The van der Waals surface area contributed by atoms with E-state index in [-0.39, 0.29) is 0 Å². The number of aliphatic hydroxyl groups excluding tert-OH is 3. The second-order valence-electron chi connectivity index (χ2n) is 6.20. The molecule has 3 aliphatic rings. The van der Waals surface area contributed by atoms with Gasteiger partial charge in [-0.25, -0.2) is 13.6 Å². The SMILES string of the molecule is CCCCCCCCC1OP2(=O)OC1(C(CO)(CO)CO)O2. The lowest BCUT2D eigenvalue weighted by Gasteiger charge is -2.48. The maximum atomic E-state index is 12.0. The Labute approximate surface area is 131 Å². The number of phosphoric acid groups is 1. The molecule has 3 aliphatic heterocycles. The molecule has 0 spiro atoms. The first kappa shape index (κ1) is 18.3. The summed E-state index contributed by atoms with van der Waals surface area (Å²) in [5.74, 6) is -1.51. The van der Waals surface area contributed by atoms with Gasteiger partial charge in [0.05, 0.1) is 25.2 Å². The average molecular weight is 338 g/mol. The second-order valence-corrected chi connectivity index (χ2v) is 7.67. The highest BCUT2D eigenvalue weighted by molar-refractivity contribution is 7.50. The highest BCUT2D eigenvalue weighted by Crippen LogP contribution is 2.78. The minimum atomic E-state index is -3.56. The van der Waals surface area contributed by atoms with Gasteiger partial charge in [-0.05, 0) is 6.42 Å². The third-order valence-electron chi connectivity index (χ3n) is 4.64. The molecular weight excluding hydrogens is 311 g/mol. The van der Waals surface area contributed by atoms with Gasteiger partial charge in [-0.2, -0.15) is 0 Å². The summed E-state index contributed by atoms with van der Waals surface area (Å²) in [6, 6.07) is 0. The van der Waals surface area contributed by atoms with Crippen LogP contribution in [0.2, 0.25) is 0 Å². The lowest BCUT2D eigenvalue weighted by molar-refractivity contribution is -0.286. The van der Waals surface area contributed by atoms with Gasteiger partial charge in [0, 0.05) is 0 Å². The van der Waals surface area contributed by atoms with Crippen LogP contribution in [0.25, 0.3) is 0 Å². The Balaban J connectivity index is 1.94. The number of aliphatic hydroxyl groups is 3. The van der Waals surface area contributed by atoms with E-state index in [1.165, 1.54) is 19.3 Å². The van der Waals surface area contributed by atoms with Crippen molar-refractivity contribution in [3.63, 3.8) is 0 Å². The Morgan fingerprint density at radius 2 is 1.55 bits per heavy atom. The molecule has 7 nitrogen and oxygen atoms in total. The molecule has 0 radical (unpaired) electrons. The quantitative estimate of drug-likeness (QED) is 0.390. The van der Waals surface area contributed by atoms with E-state index in [9.17, 15) is 19.9 Å².